The number of ketones is 1. The maximum absolute atomic E-state index is 12.0. The molecule has 5 heteroatoms. The molecule has 0 heterocycles. The number of hydrogen-bond donors (Lipinski definition) is 1. The Kier molecular flexibility index (Phi) is 5.77. The third-order valence-electron chi connectivity index (χ3n) is 2.48. The SMILES string of the molecule is Cc1cc(OCC(C)C)c(C(=O)/C=C/C(=O)O)cc1Cl. The van der Waals surface area contributed by atoms with E-state index in [0.29, 0.717) is 23.3 Å². The fourth-order valence-electron chi connectivity index (χ4n) is 1.46. The van der Waals surface area contributed by atoms with Crippen LogP contribution in [0.25, 0.3) is 0 Å². The molecular weight excluding hydrogens is 280 g/mol. The van der Waals surface area contributed by atoms with Gasteiger partial charge in [0.25, 0.3) is 0 Å². The van der Waals surface area contributed by atoms with E-state index in [4.69, 9.17) is 21.4 Å². The number of aryl methyl sites for hydroxylation is 1. The minimum absolute atomic E-state index is 0.263. The van der Waals surface area contributed by atoms with Crippen molar-refractivity contribution in [2.24, 2.45) is 5.92 Å². The van der Waals surface area contributed by atoms with Crippen LogP contribution < -0.4 is 4.74 Å². The molecule has 108 valence electrons. The van der Waals surface area contributed by atoms with Crippen LogP contribution >= 0.6 is 11.6 Å². The van der Waals surface area contributed by atoms with Gasteiger partial charge in [-0.1, -0.05) is 25.4 Å². The third kappa shape index (κ3) is 4.70. The van der Waals surface area contributed by atoms with E-state index in [1.807, 2.05) is 20.8 Å². The summed E-state index contributed by atoms with van der Waals surface area (Å²) in [4.78, 5) is 22.4. The summed E-state index contributed by atoms with van der Waals surface area (Å²) in [7, 11) is 0. The van der Waals surface area contributed by atoms with Crippen LogP contribution in [0.1, 0.15) is 29.8 Å². The number of carbonyl (C=O) groups is 2. The summed E-state index contributed by atoms with van der Waals surface area (Å²) in [6, 6.07) is 3.19. The summed E-state index contributed by atoms with van der Waals surface area (Å²) in [6.45, 7) is 6.26. The zero-order valence-corrected chi connectivity index (χ0v) is 12.4. The van der Waals surface area contributed by atoms with Crippen LogP contribution in [0.2, 0.25) is 5.02 Å². The van der Waals surface area contributed by atoms with Crippen molar-refractivity contribution in [1.29, 1.82) is 0 Å². The fraction of sp³-hybridized carbons (Fsp3) is 0.333. The van der Waals surface area contributed by atoms with E-state index < -0.39 is 11.8 Å². The van der Waals surface area contributed by atoms with Gasteiger partial charge in [-0.25, -0.2) is 4.79 Å². The van der Waals surface area contributed by atoms with Crippen LogP contribution in [0, 0.1) is 12.8 Å². The average molecular weight is 297 g/mol. The van der Waals surface area contributed by atoms with Crippen LogP contribution in [0.3, 0.4) is 0 Å². The highest BCUT2D eigenvalue weighted by Gasteiger charge is 2.14. The average Bonchev–Trinajstić information content (AvgIpc) is 2.36. The quantitative estimate of drug-likeness (QED) is 0.644. The number of aliphatic carboxylic acids is 1. The second-order valence-electron chi connectivity index (χ2n) is 4.84. The Morgan fingerprint density at radius 1 is 1.35 bits per heavy atom. The van der Waals surface area contributed by atoms with Gasteiger partial charge in [0.05, 0.1) is 12.2 Å². The third-order valence-corrected chi connectivity index (χ3v) is 2.88. The number of carboxylic acids is 1. The summed E-state index contributed by atoms with van der Waals surface area (Å²) in [5.41, 5.74) is 1.06. The first kappa shape index (κ1) is 16.2. The maximum atomic E-state index is 12.0. The molecule has 0 aromatic heterocycles. The fourth-order valence-corrected chi connectivity index (χ4v) is 1.62. The van der Waals surface area contributed by atoms with Gasteiger partial charge in [0.1, 0.15) is 5.75 Å². The number of allylic oxidation sites excluding steroid dienone is 1. The summed E-state index contributed by atoms with van der Waals surface area (Å²) in [5.74, 6) is -0.904. The molecule has 0 unspecified atom stereocenters. The van der Waals surface area contributed by atoms with E-state index in [0.717, 1.165) is 17.7 Å². The van der Waals surface area contributed by atoms with Gasteiger partial charge in [-0.3, -0.25) is 4.79 Å². The van der Waals surface area contributed by atoms with Gasteiger partial charge in [-0.2, -0.15) is 0 Å². The van der Waals surface area contributed by atoms with Crippen molar-refractivity contribution in [3.05, 3.63) is 40.4 Å². The molecule has 0 saturated heterocycles. The van der Waals surface area contributed by atoms with Gasteiger partial charge in [-0.05, 0) is 36.6 Å². The first-order valence-electron chi connectivity index (χ1n) is 6.19. The highest BCUT2D eigenvalue weighted by atomic mass is 35.5. The predicted molar refractivity (Wildman–Crippen MR) is 77.6 cm³/mol. The van der Waals surface area contributed by atoms with Crippen molar-refractivity contribution in [2.45, 2.75) is 20.8 Å². The Balaban J connectivity index is 3.11. The molecule has 1 aromatic rings. The molecule has 0 fully saturated rings. The Morgan fingerprint density at radius 3 is 2.55 bits per heavy atom. The molecule has 1 rings (SSSR count). The number of hydrogen-bond acceptors (Lipinski definition) is 3. The van der Waals surface area contributed by atoms with E-state index in [-0.39, 0.29) is 5.56 Å². The molecule has 0 spiro atoms. The summed E-state index contributed by atoms with van der Waals surface area (Å²) < 4.78 is 5.60. The molecule has 1 aromatic carbocycles. The van der Waals surface area contributed by atoms with Gasteiger partial charge in [-0.15, -0.1) is 0 Å². The van der Waals surface area contributed by atoms with Crippen LogP contribution in [0.5, 0.6) is 5.75 Å². The van der Waals surface area contributed by atoms with Gasteiger partial charge in [0.15, 0.2) is 5.78 Å². The molecule has 20 heavy (non-hydrogen) atoms. The van der Waals surface area contributed by atoms with E-state index in [2.05, 4.69) is 0 Å². The topological polar surface area (TPSA) is 63.6 Å². The molecule has 0 aliphatic rings. The number of carbonyl (C=O) groups excluding carboxylic acids is 1. The van der Waals surface area contributed by atoms with E-state index in [1.165, 1.54) is 6.07 Å². The zero-order valence-electron chi connectivity index (χ0n) is 11.6. The summed E-state index contributed by atoms with van der Waals surface area (Å²) in [5, 5.41) is 9.00. The Labute approximate surface area is 123 Å². The second-order valence-corrected chi connectivity index (χ2v) is 5.25. The minimum atomic E-state index is -1.18. The molecular formula is C15H17ClO4. The number of benzene rings is 1. The van der Waals surface area contributed by atoms with E-state index in [9.17, 15) is 9.59 Å². The lowest BCUT2D eigenvalue weighted by Crippen LogP contribution is -2.08. The van der Waals surface area contributed by atoms with Gasteiger partial charge in [0.2, 0.25) is 0 Å². The minimum Gasteiger partial charge on any atom is -0.493 e. The first-order chi connectivity index (χ1) is 9.31. The monoisotopic (exact) mass is 296 g/mol. The van der Waals surface area contributed by atoms with Crippen LogP contribution in [-0.4, -0.2) is 23.5 Å². The van der Waals surface area contributed by atoms with Crippen molar-refractivity contribution < 1.29 is 19.4 Å². The molecule has 0 radical (unpaired) electrons. The van der Waals surface area contributed by atoms with E-state index >= 15 is 0 Å². The van der Waals surface area contributed by atoms with E-state index in [1.54, 1.807) is 6.07 Å². The molecule has 4 nitrogen and oxygen atoms in total. The maximum Gasteiger partial charge on any atom is 0.328 e. The highest BCUT2D eigenvalue weighted by molar-refractivity contribution is 6.32. The number of ether oxygens (including phenoxy) is 1. The standard InChI is InChI=1S/C15H17ClO4/c1-9(2)8-20-14-6-10(3)12(16)7-11(14)13(17)4-5-15(18)19/h4-7,9H,8H2,1-3H3,(H,18,19)/b5-4+. The molecule has 0 aliphatic carbocycles. The lowest BCUT2D eigenvalue weighted by Gasteiger charge is -2.13. The van der Waals surface area contributed by atoms with Crippen LogP contribution in [-0.2, 0) is 4.79 Å². The van der Waals surface area contributed by atoms with Crippen molar-refractivity contribution in [3.63, 3.8) is 0 Å². The molecule has 0 amide bonds. The number of halogens is 1. The van der Waals surface area contributed by atoms with Crippen molar-refractivity contribution in [2.75, 3.05) is 6.61 Å². The van der Waals surface area contributed by atoms with Gasteiger partial charge in [0, 0.05) is 11.1 Å². The zero-order chi connectivity index (χ0) is 15.3. The van der Waals surface area contributed by atoms with Gasteiger partial charge >= 0.3 is 5.97 Å². The highest BCUT2D eigenvalue weighted by Crippen LogP contribution is 2.27. The van der Waals surface area contributed by atoms with Crippen LogP contribution in [0.15, 0.2) is 24.3 Å². The lowest BCUT2D eigenvalue weighted by atomic mass is 10.1. The molecule has 0 atom stereocenters. The largest absolute Gasteiger partial charge is 0.493 e. The van der Waals surface area contributed by atoms with Gasteiger partial charge < -0.3 is 9.84 Å². The molecule has 0 bridgehead atoms. The Hall–Kier alpha value is -1.81. The Morgan fingerprint density at radius 2 is 2.00 bits per heavy atom. The lowest BCUT2D eigenvalue weighted by molar-refractivity contribution is -0.131. The number of rotatable bonds is 6. The van der Waals surface area contributed by atoms with Crippen molar-refractivity contribution in [1.82, 2.24) is 0 Å². The van der Waals surface area contributed by atoms with Crippen molar-refractivity contribution >= 4 is 23.4 Å². The predicted octanol–water partition coefficient (Wildman–Crippen LogP) is 3.51. The first-order valence-corrected chi connectivity index (χ1v) is 6.57. The molecule has 1 N–H and O–H groups in total. The van der Waals surface area contributed by atoms with Crippen molar-refractivity contribution in [3.8, 4) is 5.75 Å². The smallest absolute Gasteiger partial charge is 0.328 e. The molecule has 0 aliphatic heterocycles. The number of carboxylic acid groups (broad SMARTS) is 1. The second kappa shape index (κ2) is 7.10. The normalized spacial score (nSPS) is 11.1. The Bertz CT molecular complexity index is 547. The molecule has 0 saturated carbocycles. The summed E-state index contributed by atoms with van der Waals surface area (Å²) >= 11 is 6.01. The van der Waals surface area contributed by atoms with Crippen LogP contribution in [0.4, 0.5) is 0 Å². The summed E-state index contributed by atoms with van der Waals surface area (Å²) in [6.07, 6.45) is 1.79.